The van der Waals surface area contributed by atoms with Crippen molar-refractivity contribution in [3.63, 3.8) is 0 Å². The fraction of sp³-hybridized carbons (Fsp3) is 0.667. The quantitative estimate of drug-likeness (QED) is 0.801. The molecule has 0 aromatic carbocycles. The molecule has 19 heavy (non-hydrogen) atoms. The smallest absolute Gasteiger partial charge is 0.309 e. The summed E-state index contributed by atoms with van der Waals surface area (Å²) >= 11 is 0. The van der Waals surface area contributed by atoms with Crippen molar-refractivity contribution >= 4 is 11.9 Å². The summed E-state index contributed by atoms with van der Waals surface area (Å²) in [5.74, 6) is -1.10. The summed E-state index contributed by atoms with van der Waals surface area (Å²) in [6, 6.07) is 0.243. The summed E-state index contributed by atoms with van der Waals surface area (Å²) in [4.78, 5) is 22.5. The lowest BCUT2D eigenvalue weighted by atomic mass is 9.95. The average molecular weight is 266 g/mol. The molecule has 1 aliphatic rings. The third-order valence-corrected chi connectivity index (χ3v) is 3.29. The summed E-state index contributed by atoms with van der Waals surface area (Å²) < 4.78 is 1.34. The Labute approximate surface area is 111 Å². The van der Waals surface area contributed by atoms with E-state index in [0.717, 1.165) is 25.7 Å². The van der Waals surface area contributed by atoms with Crippen LogP contribution >= 0.6 is 0 Å². The van der Waals surface area contributed by atoms with Gasteiger partial charge in [0.2, 0.25) is 5.91 Å². The lowest BCUT2D eigenvalue weighted by molar-refractivity contribution is -0.136. The second kappa shape index (κ2) is 6.31. The molecule has 1 aliphatic carbocycles. The summed E-state index contributed by atoms with van der Waals surface area (Å²) in [6.07, 6.45) is 6.77. The molecule has 1 saturated carbocycles. The third kappa shape index (κ3) is 4.04. The zero-order valence-electron chi connectivity index (χ0n) is 10.7. The average Bonchev–Trinajstić information content (AvgIpc) is 2.77. The molecule has 1 fully saturated rings. The van der Waals surface area contributed by atoms with Crippen molar-refractivity contribution < 1.29 is 14.7 Å². The Morgan fingerprint density at radius 1 is 1.37 bits per heavy atom. The Bertz CT molecular complexity index is 452. The number of aromatic nitrogens is 3. The first-order valence-corrected chi connectivity index (χ1v) is 6.53. The molecule has 2 rings (SSSR count). The van der Waals surface area contributed by atoms with Crippen molar-refractivity contribution in [1.82, 2.24) is 20.3 Å². The van der Waals surface area contributed by atoms with E-state index in [1.54, 1.807) is 0 Å². The minimum absolute atomic E-state index is 0.0269. The lowest BCUT2D eigenvalue weighted by Gasteiger charge is -2.22. The maximum atomic E-state index is 11.9. The summed E-state index contributed by atoms with van der Waals surface area (Å²) in [5, 5.41) is 19.1. The molecule has 1 aromatic rings. The van der Waals surface area contributed by atoms with Gasteiger partial charge in [-0.1, -0.05) is 24.5 Å². The first-order valence-electron chi connectivity index (χ1n) is 6.53. The zero-order valence-corrected chi connectivity index (χ0v) is 10.7. The van der Waals surface area contributed by atoms with Gasteiger partial charge in [-0.3, -0.25) is 9.59 Å². The predicted molar refractivity (Wildman–Crippen MR) is 66.4 cm³/mol. The fourth-order valence-corrected chi connectivity index (χ4v) is 2.36. The number of rotatable bonds is 5. The van der Waals surface area contributed by atoms with Crippen LogP contribution in [-0.4, -0.2) is 38.0 Å². The number of carbonyl (C=O) groups is 2. The Morgan fingerprint density at radius 2 is 2.11 bits per heavy atom. The highest BCUT2D eigenvalue weighted by Crippen LogP contribution is 2.17. The van der Waals surface area contributed by atoms with E-state index in [2.05, 4.69) is 15.6 Å². The molecule has 0 saturated heterocycles. The molecular weight excluding hydrogens is 248 g/mol. The standard InChI is InChI=1S/C12H18N4O3/c17-11(14-9-4-2-1-3-5-9)8-16-10(6-12(18)19)7-13-15-16/h7,9H,1-6,8H2,(H,14,17)(H,18,19). The van der Waals surface area contributed by atoms with E-state index < -0.39 is 5.97 Å². The van der Waals surface area contributed by atoms with Crippen molar-refractivity contribution in [2.75, 3.05) is 0 Å². The highest BCUT2D eigenvalue weighted by molar-refractivity contribution is 5.76. The monoisotopic (exact) mass is 266 g/mol. The van der Waals surface area contributed by atoms with E-state index >= 15 is 0 Å². The second-order valence-corrected chi connectivity index (χ2v) is 4.86. The van der Waals surface area contributed by atoms with Crippen LogP contribution in [0.3, 0.4) is 0 Å². The molecule has 1 amide bonds. The molecule has 0 atom stereocenters. The molecular formula is C12H18N4O3. The van der Waals surface area contributed by atoms with Gasteiger partial charge in [-0.25, -0.2) is 4.68 Å². The Kier molecular flexibility index (Phi) is 4.48. The topological polar surface area (TPSA) is 97.1 Å². The Morgan fingerprint density at radius 3 is 2.79 bits per heavy atom. The maximum absolute atomic E-state index is 11.9. The lowest BCUT2D eigenvalue weighted by Crippen LogP contribution is -2.38. The van der Waals surface area contributed by atoms with Crippen molar-refractivity contribution in [3.05, 3.63) is 11.9 Å². The molecule has 0 aliphatic heterocycles. The van der Waals surface area contributed by atoms with Crippen LogP contribution in [0.5, 0.6) is 0 Å². The number of nitrogens with zero attached hydrogens (tertiary/aromatic N) is 3. The largest absolute Gasteiger partial charge is 0.481 e. The van der Waals surface area contributed by atoms with Gasteiger partial charge in [-0.05, 0) is 12.8 Å². The number of carboxylic acid groups (broad SMARTS) is 1. The van der Waals surface area contributed by atoms with Crippen LogP contribution in [0.2, 0.25) is 0 Å². The molecule has 1 aromatic heterocycles. The van der Waals surface area contributed by atoms with Crippen molar-refractivity contribution in [2.45, 2.75) is 51.1 Å². The molecule has 0 spiro atoms. The second-order valence-electron chi connectivity index (χ2n) is 4.86. The number of carbonyl (C=O) groups excluding carboxylic acids is 1. The van der Waals surface area contributed by atoms with Crippen LogP contribution in [0.4, 0.5) is 0 Å². The van der Waals surface area contributed by atoms with E-state index in [1.807, 2.05) is 0 Å². The predicted octanol–water partition coefficient (Wildman–Crippen LogP) is 0.354. The fourth-order valence-electron chi connectivity index (χ4n) is 2.36. The van der Waals surface area contributed by atoms with Gasteiger partial charge in [0.15, 0.2) is 0 Å². The summed E-state index contributed by atoms with van der Waals surface area (Å²) in [7, 11) is 0. The molecule has 1 heterocycles. The Hall–Kier alpha value is -1.92. The van der Waals surface area contributed by atoms with E-state index in [0.29, 0.717) is 5.69 Å². The summed E-state index contributed by atoms with van der Waals surface area (Å²) in [5.41, 5.74) is 0.436. The van der Waals surface area contributed by atoms with E-state index in [4.69, 9.17) is 5.11 Å². The first-order chi connectivity index (χ1) is 9.15. The van der Waals surface area contributed by atoms with Crippen LogP contribution in [0.25, 0.3) is 0 Å². The van der Waals surface area contributed by atoms with Crippen LogP contribution in [-0.2, 0) is 22.6 Å². The molecule has 104 valence electrons. The number of hydrogen-bond acceptors (Lipinski definition) is 4. The minimum Gasteiger partial charge on any atom is -0.481 e. The van der Waals surface area contributed by atoms with E-state index in [-0.39, 0.29) is 24.9 Å². The van der Waals surface area contributed by atoms with Gasteiger partial charge in [0.25, 0.3) is 0 Å². The molecule has 7 nitrogen and oxygen atoms in total. The van der Waals surface area contributed by atoms with Gasteiger partial charge < -0.3 is 10.4 Å². The number of hydrogen-bond donors (Lipinski definition) is 2. The minimum atomic E-state index is -0.962. The molecule has 0 radical (unpaired) electrons. The number of amides is 1. The van der Waals surface area contributed by atoms with Gasteiger partial charge in [-0.2, -0.15) is 0 Å². The van der Waals surface area contributed by atoms with E-state index in [1.165, 1.54) is 17.3 Å². The van der Waals surface area contributed by atoms with Gasteiger partial charge in [0.05, 0.1) is 18.3 Å². The van der Waals surface area contributed by atoms with Crippen LogP contribution < -0.4 is 5.32 Å². The zero-order chi connectivity index (χ0) is 13.7. The van der Waals surface area contributed by atoms with E-state index in [9.17, 15) is 9.59 Å². The number of nitrogens with one attached hydrogen (secondary N) is 1. The molecule has 7 heteroatoms. The van der Waals surface area contributed by atoms with Gasteiger partial charge >= 0.3 is 5.97 Å². The van der Waals surface area contributed by atoms with Crippen LogP contribution in [0.1, 0.15) is 37.8 Å². The highest BCUT2D eigenvalue weighted by Gasteiger charge is 2.17. The molecule has 2 N–H and O–H groups in total. The molecule has 0 unspecified atom stereocenters. The first kappa shape index (κ1) is 13.5. The van der Waals surface area contributed by atoms with Crippen LogP contribution in [0, 0.1) is 0 Å². The number of carboxylic acids is 1. The third-order valence-electron chi connectivity index (χ3n) is 3.29. The Balaban J connectivity index is 1.87. The summed E-state index contributed by atoms with van der Waals surface area (Å²) in [6.45, 7) is 0.0269. The van der Waals surface area contributed by atoms with Crippen molar-refractivity contribution in [2.24, 2.45) is 0 Å². The SMILES string of the molecule is O=C(O)Cc1cnnn1CC(=O)NC1CCCCC1. The van der Waals surface area contributed by atoms with Gasteiger partial charge in [-0.15, -0.1) is 5.10 Å². The molecule has 0 bridgehead atoms. The maximum Gasteiger partial charge on any atom is 0.309 e. The number of aliphatic carboxylic acids is 1. The van der Waals surface area contributed by atoms with Gasteiger partial charge in [0, 0.05) is 6.04 Å². The van der Waals surface area contributed by atoms with Crippen molar-refractivity contribution in [1.29, 1.82) is 0 Å². The van der Waals surface area contributed by atoms with Gasteiger partial charge in [0.1, 0.15) is 6.54 Å². The van der Waals surface area contributed by atoms with Crippen molar-refractivity contribution in [3.8, 4) is 0 Å². The van der Waals surface area contributed by atoms with Crippen LogP contribution in [0.15, 0.2) is 6.20 Å². The highest BCUT2D eigenvalue weighted by atomic mass is 16.4. The normalized spacial score (nSPS) is 16.2.